The predicted molar refractivity (Wildman–Crippen MR) is 94.2 cm³/mol. The molecule has 0 aliphatic rings. The molecule has 0 saturated heterocycles. The predicted octanol–water partition coefficient (Wildman–Crippen LogP) is 1.55. The van der Waals surface area contributed by atoms with Crippen molar-refractivity contribution >= 4 is 40.2 Å². The monoisotopic (exact) mass is 395 g/mol. The van der Waals surface area contributed by atoms with Crippen molar-refractivity contribution in [3.05, 3.63) is 34.0 Å². The first-order valence-corrected chi connectivity index (χ1v) is 8.55. The summed E-state index contributed by atoms with van der Waals surface area (Å²) in [5, 5.41) is 15.2. The van der Waals surface area contributed by atoms with Crippen molar-refractivity contribution in [2.24, 2.45) is 0 Å². The molecule has 0 radical (unpaired) electrons. The number of methoxy groups -OCH3 is 1. The fourth-order valence-corrected chi connectivity index (χ4v) is 3.30. The Balaban J connectivity index is 2.33. The first kappa shape index (κ1) is 20.1. The molecule has 0 aliphatic heterocycles. The van der Waals surface area contributed by atoms with E-state index in [1.165, 1.54) is 19.4 Å². The second-order valence-electron chi connectivity index (χ2n) is 5.22. The fourth-order valence-electron chi connectivity index (χ4n) is 2.22. The van der Waals surface area contributed by atoms with Gasteiger partial charge in [-0.2, -0.15) is 5.10 Å². The van der Waals surface area contributed by atoms with E-state index in [0.717, 1.165) is 16.0 Å². The molecule has 0 spiro atoms. The third-order valence-corrected chi connectivity index (χ3v) is 4.58. The highest BCUT2D eigenvalue weighted by atomic mass is 32.1. The van der Waals surface area contributed by atoms with Crippen LogP contribution in [0.3, 0.4) is 0 Å². The van der Waals surface area contributed by atoms with Crippen LogP contribution in [0.5, 0.6) is 0 Å². The van der Waals surface area contributed by atoms with E-state index in [2.05, 4.69) is 10.4 Å². The Hall–Kier alpha value is -3.21. The molecule has 0 unspecified atom stereocenters. The molecule has 0 atom stereocenters. The summed E-state index contributed by atoms with van der Waals surface area (Å²) in [5.41, 5.74) is 0.330. The third-order valence-electron chi connectivity index (χ3n) is 3.39. The van der Waals surface area contributed by atoms with Crippen LogP contribution in [0, 0.1) is 6.92 Å². The lowest BCUT2D eigenvalue weighted by Crippen LogP contribution is -2.16. The molecule has 2 aromatic rings. The average molecular weight is 395 g/mol. The van der Waals surface area contributed by atoms with Crippen LogP contribution in [0.1, 0.15) is 43.0 Å². The number of nitrogens with one attached hydrogen (secondary N) is 1. The summed E-state index contributed by atoms with van der Waals surface area (Å²) in [5.74, 6) is -3.10. The first-order chi connectivity index (χ1) is 12.8. The molecule has 0 aromatic carbocycles. The van der Waals surface area contributed by atoms with Gasteiger partial charge < -0.3 is 19.9 Å². The molecule has 0 saturated carbocycles. The summed E-state index contributed by atoms with van der Waals surface area (Å²) >= 11 is 0.882. The Labute approximate surface area is 157 Å². The number of ether oxygens (including phenoxy) is 2. The fraction of sp³-hybridized carbons (Fsp3) is 0.312. The number of nitrogens with zero attached hydrogens (tertiary/aromatic N) is 2. The highest BCUT2D eigenvalue weighted by molar-refractivity contribution is 7.18. The number of carboxylic acids is 1. The average Bonchev–Trinajstić information content (AvgIpc) is 3.18. The van der Waals surface area contributed by atoms with Gasteiger partial charge in [0, 0.05) is 6.20 Å². The lowest BCUT2D eigenvalue weighted by Gasteiger charge is -2.04. The number of thiophene rings is 1. The number of carboxylic acid groups (broad SMARTS) is 1. The van der Waals surface area contributed by atoms with Crippen molar-refractivity contribution < 1.29 is 33.8 Å². The molecule has 10 nitrogen and oxygen atoms in total. The van der Waals surface area contributed by atoms with E-state index in [1.54, 1.807) is 13.8 Å². The van der Waals surface area contributed by atoms with Crippen LogP contribution < -0.4 is 5.32 Å². The number of aliphatic carboxylic acids is 1. The van der Waals surface area contributed by atoms with E-state index < -0.39 is 30.4 Å². The van der Waals surface area contributed by atoms with E-state index in [4.69, 9.17) is 14.6 Å². The van der Waals surface area contributed by atoms with Crippen molar-refractivity contribution in [1.29, 1.82) is 0 Å². The van der Waals surface area contributed by atoms with Crippen molar-refractivity contribution in [3.8, 4) is 0 Å². The van der Waals surface area contributed by atoms with Gasteiger partial charge in [0.2, 0.25) is 0 Å². The maximum Gasteiger partial charge on any atom is 0.348 e. The summed E-state index contributed by atoms with van der Waals surface area (Å²) in [6.45, 7) is 2.96. The van der Waals surface area contributed by atoms with Crippen LogP contribution in [0.15, 0.2) is 12.3 Å². The second-order valence-corrected chi connectivity index (χ2v) is 6.24. The maximum absolute atomic E-state index is 12.4. The zero-order valence-corrected chi connectivity index (χ0v) is 15.6. The quantitative estimate of drug-likeness (QED) is 0.674. The van der Waals surface area contributed by atoms with Crippen LogP contribution in [0.2, 0.25) is 0 Å². The van der Waals surface area contributed by atoms with E-state index in [9.17, 15) is 19.2 Å². The normalized spacial score (nSPS) is 10.3. The van der Waals surface area contributed by atoms with E-state index >= 15 is 0 Å². The number of amides is 1. The van der Waals surface area contributed by atoms with Crippen molar-refractivity contribution in [2.45, 2.75) is 20.4 Å². The summed E-state index contributed by atoms with van der Waals surface area (Å²) in [4.78, 5) is 47.4. The number of aromatic nitrogens is 2. The molecule has 144 valence electrons. The Morgan fingerprint density at radius 3 is 2.59 bits per heavy atom. The number of anilines is 1. The van der Waals surface area contributed by atoms with Crippen LogP contribution in [-0.2, 0) is 20.8 Å². The van der Waals surface area contributed by atoms with Gasteiger partial charge in [0.05, 0.1) is 19.3 Å². The summed E-state index contributed by atoms with van der Waals surface area (Å²) in [6, 6.07) is 1.34. The topological polar surface area (TPSA) is 137 Å². The molecule has 0 bridgehead atoms. The molecular formula is C16H17N3O7S. The van der Waals surface area contributed by atoms with Crippen LogP contribution in [0.4, 0.5) is 5.00 Å². The SMILES string of the molecule is CCOC(=O)c1sc(NC(=O)c2ccn(CC(=O)O)n2)c(C(=O)OC)c1C. The number of carbonyl (C=O) groups is 4. The van der Waals surface area contributed by atoms with Crippen molar-refractivity contribution in [2.75, 3.05) is 19.0 Å². The zero-order chi connectivity index (χ0) is 20.1. The summed E-state index contributed by atoms with van der Waals surface area (Å²) in [7, 11) is 1.18. The minimum atomic E-state index is -1.11. The van der Waals surface area contributed by atoms with Gasteiger partial charge in [-0.15, -0.1) is 11.3 Å². The highest BCUT2D eigenvalue weighted by Gasteiger charge is 2.27. The Kier molecular flexibility index (Phi) is 6.29. The molecule has 1 amide bonds. The minimum absolute atomic E-state index is 0.0453. The molecule has 2 N–H and O–H groups in total. The van der Waals surface area contributed by atoms with Gasteiger partial charge in [0.15, 0.2) is 5.69 Å². The molecule has 27 heavy (non-hydrogen) atoms. The lowest BCUT2D eigenvalue weighted by atomic mass is 10.1. The van der Waals surface area contributed by atoms with Crippen molar-refractivity contribution in [1.82, 2.24) is 9.78 Å². The van der Waals surface area contributed by atoms with Crippen LogP contribution in [-0.4, -0.2) is 52.4 Å². The Morgan fingerprint density at radius 2 is 2.00 bits per heavy atom. The Morgan fingerprint density at radius 1 is 1.30 bits per heavy atom. The van der Waals surface area contributed by atoms with Gasteiger partial charge in [0.1, 0.15) is 16.4 Å². The summed E-state index contributed by atoms with van der Waals surface area (Å²) in [6.07, 6.45) is 1.34. The van der Waals surface area contributed by atoms with Crippen LogP contribution in [0.25, 0.3) is 0 Å². The van der Waals surface area contributed by atoms with Gasteiger partial charge >= 0.3 is 17.9 Å². The third kappa shape index (κ3) is 4.50. The van der Waals surface area contributed by atoms with E-state index in [-0.39, 0.29) is 27.7 Å². The number of hydrogen-bond acceptors (Lipinski definition) is 8. The molecular weight excluding hydrogens is 378 g/mol. The number of hydrogen-bond donors (Lipinski definition) is 2. The minimum Gasteiger partial charge on any atom is -0.480 e. The van der Waals surface area contributed by atoms with Gasteiger partial charge in [0.25, 0.3) is 5.91 Å². The van der Waals surface area contributed by atoms with Gasteiger partial charge in [-0.05, 0) is 25.5 Å². The highest BCUT2D eigenvalue weighted by Crippen LogP contribution is 2.34. The lowest BCUT2D eigenvalue weighted by molar-refractivity contribution is -0.137. The number of rotatable bonds is 7. The standard InChI is InChI=1S/C16H17N3O7S/c1-4-26-16(24)12-8(2)11(15(23)25-3)14(27-12)17-13(22)9-5-6-19(18-9)7-10(20)21/h5-6H,4,7H2,1-3H3,(H,17,22)(H,20,21). The number of esters is 2. The Bertz CT molecular complexity index is 900. The van der Waals surface area contributed by atoms with Gasteiger partial charge in [-0.1, -0.05) is 0 Å². The zero-order valence-electron chi connectivity index (χ0n) is 14.8. The first-order valence-electron chi connectivity index (χ1n) is 7.73. The smallest absolute Gasteiger partial charge is 0.348 e. The molecule has 0 aliphatic carbocycles. The van der Waals surface area contributed by atoms with E-state index in [0.29, 0.717) is 5.56 Å². The van der Waals surface area contributed by atoms with Gasteiger partial charge in [-0.25, -0.2) is 9.59 Å². The maximum atomic E-state index is 12.4. The molecule has 2 heterocycles. The molecule has 2 rings (SSSR count). The van der Waals surface area contributed by atoms with E-state index in [1.807, 2.05) is 0 Å². The van der Waals surface area contributed by atoms with Crippen LogP contribution >= 0.6 is 11.3 Å². The number of carbonyl (C=O) groups excluding carboxylic acids is 3. The summed E-state index contributed by atoms with van der Waals surface area (Å²) < 4.78 is 10.8. The van der Waals surface area contributed by atoms with Gasteiger partial charge in [-0.3, -0.25) is 14.3 Å². The second kappa shape index (κ2) is 8.45. The molecule has 0 fully saturated rings. The van der Waals surface area contributed by atoms with Crippen molar-refractivity contribution in [3.63, 3.8) is 0 Å². The largest absolute Gasteiger partial charge is 0.480 e. The molecule has 11 heteroatoms. The molecule has 2 aromatic heterocycles.